The van der Waals surface area contributed by atoms with Crippen molar-refractivity contribution in [1.82, 2.24) is 30.2 Å². The van der Waals surface area contributed by atoms with Crippen LogP contribution < -0.4 is 16.5 Å². The van der Waals surface area contributed by atoms with Crippen molar-refractivity contribution in [3.05, 3.63) is 76.8 Å². The van der Waals surface area contributed by atoms with E-state index >= 15 is 0 Å². The molecule has 0 aliphatic carbocycles. The molecule has 2 aromatic heterocycles. The van der Waals surface area contributed by atoms with E-state index < -0.39 is 11.8 Å². The van der Waals surface area contributed by atoms with E-state index in [1.54, 1.807) is 31.3 Å². The summed E-state index contributed by atoms with van der Waals surface area (Å²) in [4.78, 5) is 36.9. The first-order valence-electron chi connectivity index (χ1n) is 8.89. The number of para-hydroxylation sites is 2. The average molecular weight is 390 g/mol. The number of aromatic amines is 1. The van der Waals surface area contributed by atoms with Crippen LogP contribution in [0.5, 0.6) is 0 Å². The lowest BCUT2D eigenvalue weighted by Gasteiger charge is -2.07. The molecule has 0 aliphatic rings. The van der Waals surface area contributed by atoms with Gasteiger partial charge < -0.3 is 0 Å². The van der Waals surface area contributed by atoms with Crippen molar-refractivity contribution in [2.24, 2.45) is 7.05 Å². The number of carbonyl (C=O) groups is 2. The maximum Gasteiger partial charge on any atom is 0.329 e. The van der Waals surface area contributed by atoms with Crippen LogP contribution in [0.25, 0.3) is 22.3 Å². The molecule has 146 valence electrons. The molecule has 4 aromatic rings. The Morgan fingerprint density at radius 2 is 1.69 bits per heavy atom. The number of nitrogens with zero attached hydrogens (tertiary/aromatic N) is 3. The van der Waals surface area contributed by atoms with Crippen LogP contribution in [-0.2, 0) is 18.4 Å². The molecular weight excluding hydrogens is 372 g/mol. The maximum absolute atomic E-state index is 12.4. The van der Waals surface area contributed by atoms with Gasteiger partial charge in [-0.2, -0.15) is 5.10 Å². The molecular formula is C20H18N6O3. The highest BCUT2D eigenvalue weighted by Gasteiger charge is 2.15. The van der Waals surface area contributed by atoms with Gasteiger partial charge in [0.2, 0.25) is 0 Å². The van der Waals surface area contributed by atoms with Crippen molar-refractivity contribution in [3.8, 4) is 11.3 Å². The number of hydrogen-bond donors (Lipinski definition) is 3. The number of imidazole rings is 1. The van der Waals surface area contributed by atoms with E-state index in [9.17, 15) is 14.4 Å². The van der Waals surface area contributed by atoms with E-state index in [2.05, 4.69) is 21.0 Å². The Balaban J connectivity index is 1.42. The number of carbonyl (C=O) groups excluding carboxylic acids is 2. The first-order chi connectivity index (χ1) is 14.0. The van der Waals surface area contributed by atoms with Crippen LogP contribution >= 0.6 is 0 Å². The molecule has 9 heteroatoms. The fourth-order valence-electron chi connectivity index (χ4n) is 3.09. The number of hydrogen-bond acceptors (Lipinski definition) is 4. The van der Waals surface area contributed by atoms with E-state index in [0.29, 0.717) is 11.2 Å². The molecule has 0 aliphatic heterocycles. The second-order valence-corrected chi connectivity index (χ2v) is 6.45. The van der Waals surface area contributed by atoms with E-state index in [1.807, 2.05) is 36.4 Å². The predicted octanol–water partition coefficient (Wildman–Crippen LogP) is 1.19. The van der Waals surface area contributed by atoms with Crippen LogP contribution in [0.4, 0.5) is 0 Å². The van der Waals surface area contributed by atoms with Gasteiger partial charge in [-0.3, -0.25) is 34.7 Å². The van der Waals surface area contributed by atoms with Gasteiger partial charge in [0.1, 0.15) is 12.2 Å². The molecule has 0 atom stereocenters. The van der Waals surface area contributed by atoms with E-state index in [0.717, 1.165) is 11.1 Å². The number of nitrogens with one attached hydrogen (secondary N) is 3. The third-order valence-electron chi connectivity index (χ3n) is 4.56. The zero-order valence-electron chi connectivity index (χ0n) is 15.5. The normalized spacial score (nSPS) is 10.8. The molecule has 0 saturated heterocycles. The average Bonchev–Trinajstić information content (AvgIpc) is 3.33. The number of aryl methyl sites for hydroxylation is 1. The summed E-state index contributed by atoms with van der Waals surface area (Å²) >= 11 is 0. The van der Waals surface area contributed by atoms with Gasteiger partial charge in [-0.25, -0.2) is 4.79 Å². The summed E-state index contributed by atoms with van der Waals surface area (Å²) in [5, 5.41) is 6.75. The largest absolute Gasteiger partial charge is 0.329 e. The van der Waals surface area contributed by atoms with Gasteiger partial charge in [0.25, 0.3) is 11.8 Å². The first kappa shape index (κ1) is 18.2. The van der Waals surface area contributed by atoms with E-state index in [1.165, 1.54) is 9.13 Å². The predicted molar refractivity (Wildman–Crippen MR) is 107 cm³/mol. The Morgan fingerprint density at radius 1 is 1.00 bits per heavy atom. The lowest BCUT2D eigenvalue weighted by Crippen LogP contribution is -2.44. The van der Waals surface area contributed by atoms with Crippen molar-refractivity contribution in [1.29, 1.82) is 0 Å². The lowest BCUT2D eigenvalue weighted by molar-refractivity contribution is -0.122. The molecule has 29 heavy (non-hydrogen) atoms. The molecule has 2 amide bonds. The maximum atomic E-state index is 12.4. The molecule has 0 fully saturated rings. The number of rotatable bonds is 4. The molecule has 0 saturated carbocycles. The standard InChI is InChI=1S/C20H18N6O3/c1-25-16-9-5-6-10-17(16)26(20(25)29)12-18(27)23-24-19(28)15-11-14(21-22-15)13-7-3-2-4-8-13/h2-11H,12H2,1H3,(H,21,22)(H,23,27)(H,24,28). The molecule has 0 unspecified atom stereocenters. The molecule has 0 radical (unpaired) electrons. The summed E-state index contributed by atoms with van der Waals surface area (Å²) in [5.41, 5.74) is 7.38. The molecule has 0 bridgehead atoms. The SMILES string of the molecule is Cn1c(=O)n(CC(=O)NNC(=O)c2cc(-c3ccccc3)n[nH]2)c2ccccc21. The van der Waals surface area contributed by atoms with Crippen molar-refractivity contribution in [2.45, 2.75) is 6.54 Å². The Bertz CT molecular complexity index is 1250. The fraction of sp³-hybridized carbons (Fsp3) is 0.100. The molecule has 0 spiro atoms. The summed E-state index contributed by atoms with van der Waals surface area (Å²) in [6.45, 7) is -0.224. The van der Waals surface area contributed by atoms with Gasteiger partial charge in [0.15, 0.2) is 0 Å². The monoisotopic (exact) mass is 390 g/mol. The summed E-state index contributed by atoms with van der Waals surface area (Å²) in [6, 6.07) is 18.2. The highest BCUT2D eigenvalue weighted by Crippen LogP contribution is 2.16. The van der Waals surface area contributed by atoms with Crippen molar-refractivity contribution in [2.75, 3.05) is 0 Å². The minimum absolute atomic E-state index is 0.200. The van der Waals surface area contributed by atoms with Crippen LogP contribution in [0.15, 0.2) is 65.5 Å². The third-order valence-corrected chi connectivity index (χ3v) is 4.56. The van der Waals surface area contributed by atoms with Crippen molar-refractivity contribution in [3.63, 3.8) is 0 Å². The number of fused-ring (bicyclic) bond motifs is 1. The molecule has 9 nitrogen and oxygen atoms in total. The van der Waals surface area contributed by atoms with Crippen molar-refractivity contribution >= 4 is 22.8 Å². The van der Waals surface area contributed by atoms with E-state index in [-0.39, 0.29) is 17.9 Å². The zero-order valence-corrected chi connectivity index (χ0v) is 15.5. The minimum atomic E-state index is -0.543. The number of benzene rings is 2. The molecule has 4 rings (SSSR count). The topological polar surface area (TPSA) is 114 Å². The first-order valence-corrected chi connectivity index (χ1v) is 8.89. The molecule has 2 aromatic carbocycles. The van der Waals surface area contributed by atoms with Gasteiger partial charge in [0, 0.05) is 12.6 Å². The number of amides is 2. The Labute approximate surface area is 164 Å². The van der Waals surface area contributed by atoms with Gasteiger partial charge in [-0.15, -0.1) is 0 Å². The Hall–Kier alpha value is -4.14. The highest BCUT2D eigenvalue weighted by molar-refractivity contribution is 5.94. The second-order valence-electron chi connectivity index (χ2n) is 6.45. The van der Waals surface area contributed by atoms with Crippen LogP contribution in [0.2, 0.25) is 0 Å². The number of hydrazine groups is 1. The number of aromatic nitrogens is 4. The van der Waals surface area contributed by atoms with Crippen LogP contribution in [0, 0.1) is 0 Å². The second kappa shape index (κ2) is 7.47. The number of H-pyrrole nitrogens is 1. The van der Waals surface area contributed by atoms with E-state index in [4.69, 9.17) is 0 Å². The van der Waals surface area contributed by atoms with Crippen LogP contribution in [-0.4, -0.2) is 31.1 Å². The fourth-order valence-corrected chi connectivity index (χ4v) is 3.09. The van der Waals surface area contributed by atoms with Crippen molar-refractivity contribution < 1.29 is 9.59 Å². The quantitative estimate of drug-likeness (QED) is 0.454. The molecule has 2 heterocycles. The van der Waals surface area contributed by atoms with Gasteiger partial charge in [-0.05, 0) is 18.2 Å². The zero-order chi connectivity index (χ0) is 20.4. The Kier molecular flexibility index (Phi) is 4.70. The van der Waals surface area contributed by atoms with Crippen LogP contribution in [0.3, 0.4) is 0 Å². The lowest BCUT2D eigenvalue weighted by atomic mass is 10.1. The summed E-state index contributed by atoms with van der Waals surface area (Å²) in [6.07, 6.45) is 0. The minimum Gasteiger partial charge on any atom is -0.295 e. The molecule has 3 N–H and O–H groups in total. The third kappa shape index (κ3) is 3.53. The van der Waals surface area contributed by atoms with Gasteiger partial charge in [0.05, 0.1) is 16.7 Å². The summed E-state index contributed by atoms with van der Waals surface area (Å²) in [7, 11) is 1.64. The Morgan fingerprint density at radius 3 is 2.45 bits per heavy atom. The van der Waals surface area contributed by atoms with Gasteiger partial charge in [-0.1, -0.05) is 42.5 Å². The smallest absolute Gasteiger partial charge is 0.295 e. The summed E-state index contributed by atoms with van der Waals surface area (Å²) < 4.78 is 2.82. The summed E-state index contributed by atoms with van der Waals surface area (Å²) in [5.74, 6) is -1.07. The van der Waals surface area contributed by atoms with Crippen LogP contribution in [0.1, 0.15) is 10.5 Å². The highest BCUT2D eigenvalue weighted by atomic mass is 16.2. The van der Waals surface area contributed by atoms with Gasteiger partial charge >= 0.3 is 5.69 Å².